The molecule has 0 saturated carbocycles. The minimum absolute atomic E-state index is 0.311. The third-order valence-electron chi connectivity index (χ3n) is 3.77. The van der Waals surface area contributed by atoms with E-state index in [1.807, 2.05) is 13.8 Å². The largest absolute Gasteiger partial charge is 0.461 e. The standard InChI is InChI=1S/C14H23N3O2S/c1-5-11-9-17(8-7-16(11)4)14-15-12(10(3)20-14)13(18)19-6-2/h11H,5-9H2,1-4H3. The van der Waals surface area contributed by atoms with Crippen LogP contribution in [0.3, 0.4) is 0 Å². The van der Waals surface area contributed by atoms with Gasteiger partial charge in [-0.3, -0.25) is 4.90 Å². The molecule has 0 aromatic carbocycles. The Hall–Kier alpha value is -1.14. The van der Waals surface area contributed by atoms with Gasteiger partial charge in [0.25, 0.3) is 0 Å². The Kier molecular flexibility index (Phi) is 4.99. The first kappa shape index (κ1) is 15.3. The molecule has 6 heteroatoms. The van der Waals surface area contributed by atoms with Gasteiger partial charge >= 0.3 is 5.97 Å². The molecule has 1 aromatic heterocycles. The van der Waals surface area contributed by atoms with E-state index in [4.69, 9.17) is 4.74 Å². The lowest BCUT2D eigenvalue weighted by Crippen LogP contribution is -2.51. The third-order valence-corrected chi connectivity index (χ3v) is 4.80. The van der Waals surface area contributed by atoms with Crippen LogP contribution in [0.1, 0.15) is 35.6 Å². The molecule has 0 spiro atoms. The smallest absolute Gasteiger partial charge is 0.358 e. The van der Waals surface area contributed by atoms with Crippen LogP contribution in [0, 0.1) is 6.92 Å². The van der Waals surface area contributed by atoms with Crippen molar-refractivity contribution in [2.45, 2.75) is 33.2 Å². The summed E-state index contributed by atoms with van der Waals surface area (Å²) in [4.78, 5) is 21.9. The second-order valence-electron chi connectivity index (χ2n) is 5.11. The van der Waals surface area contributed by atoms with Gasteiger partial charge in [0.1, 0.15) is 0 Å². The quantitative estimate of drug-likeness (QED) is 0.797. The predicted octanol–water partition coefficient (Wildman–Crippen LogP) is 2.16. The molecule has 0 bridgehead atoms. The van der Waals surface area contributed by atoms with Crippen molar-refractivity contribution in [3.8, 4) is 0 Å². The molecule has 20 heavy (non-hydrogen) atoms. The summed E-state index contributed by atoms with van der Waals surface area (Å²) in [5.41, 5.74) is 0.471. The highest BCUT2D eigenvalue weighted by Crippen LogP contribution is 2.28. The molecule has 0 amide bonds. The van der Waals surface area contributed by atoms with E-state index < -0.39 is 0 Å². The molecule has 1 atom stereocenters. The van der Waals surface area contributed by atoms with Crippen LogP contribution in [-0.2, 0) is 4.74 Å². The fourth-order valence-corrected chi connectivity index (χ4v) is 3.40. The number of nitrogens with zero attached hydrogens (tertiary/aromatic N) is 3. The van der Waals surface area contributed by atoms with Crippen LogP contribution in [0.2, 0.25) is 0 Å². The summed E-state index contributed by atoms with van der Waals surface area (Å²) in [5.74, 6) is -0.311. The highest BCUT2D eigenvalue weighted by molar-refractivity contribution is 7.15. The van der Waals surface area contributed by atoms with Gasteiger partial charge in [0.15, 0.2) is 10.8 Å². The molecule has 2 rings (SSSR count). The molecule has 1 saturated heterocycles. The second kappa shape index (κ2) is 6.54. The zero-order chi connectivity index (χ0) is 14.7. The Morgan fingerprint density at radius 3 is 2.85 bits per heavy atom. The molecule has 1 aromatic rings. The number of rotatable bonds is 4. The van der Waals surface area contributed by atoms with Gasteiger partial charge in [-0.25, -0.2) is 9.78 Å². The SMILES string of the molecule is CCOC(=O)c1nc(N2CCN(C)C(CC)C2)sc1C. The Balaban J connectivity index is 2.13. The first-order valence-corrected chi connectivity index (χ1v) is 7.98. The van der Waals surface area contributed by atoms with Crippen LogP contribution in [-0.4, -0.2) is 55.2 Å². The number of piperazine rings is 1. The van der Waals surface area contributed by atoms with Crippen molar-refractivity contribution in [3.05, 3.63) is 10.6 Å². The summed E-state index contributed by atoms with van der Waals surface area (Å²) in [6.45, 7) is 9.31. The minimum Gasteiger partial charge on any atom is -0.461 e. The second-order valence-corrected chi connectivity index (χ2v) is 6.29. The minimum atomic E-state index is -0.311. The van der Waals surface area contributed by atoms with Gasteiger partial charge in [0, 0.05) is 30.6 Å². The Morgan fingerprint density at radius 1 is 1.45 bits per heavy atom. The van der Waals surface area contributed by atoms with E-state index in [1.54, 1.807) is 11.3 Å². The van der Waals surface area contributed by atoms with Crippen LogP contribution in [0.5, 0.6) is 0 Å². The molecular weight excluding hydrogens is 274 g/mol. The van der Waals surface area contributed by atoms with Crippen molar-refractivity contribution in [1.82, 2.24) is 9.88 Å². The van der Waals surface area contributed by atoms with E-state index in [1.165, 1.54) is 0 Å². The lowest BCUT2D eigenvalue weighted by atomic mass is 10.1. The molecule has 2 heterocycles. The van der Waals surface area contributed by atoms with Crippen LogP contribution in [0.15, 0.2) is 0 Å². The van der Waals surface area contributed by atoms with E-state index in [-0.39, 0.29) is 5.97 Å². The first-order valence-electron chi connectivity index (χ1n) is 7.16. The summed E-state index contributed by atoms with van der Waals surface area (Å²) in [6, 6.07) is 0.555. The number of ether oxygens (including phenoxy) is 1. The summed E-state index contributed by atoms with van der Waals surface area (Å²) in [5, 5.41) is 0.942. The van der Waals surface area contributed by atoms with E-state index in [0.717, 1.165) is 36.1 Å². The number of aryl methyl sites for hydroxylation is 1. The highest BCUT2D eigenvalue weighted by Gasteiger charge is 2.26. The van der Waals surface area contributed by atoms with Gasteiger partial charge in [-0.2, -0.15) is 0 Å². The van der Waals surface area contributed by atoms with Crippen LogP contribution >= 0.6 is 11.3 Å². The molecule has 1 aliphatic heterocycles. The van der Waals surface area contributed by atoms with Crippen molar-refractivity contribution in [2.75, 3.05) is 38.2 Å². The Bertz CT molecular complexity index is 475. The van der Waals surface area contributed by atoms with Gasteiger partial charge in [-0.15, -0.1) is 11.3 Å². The predicted molar refractivity (Wildman–Crippen MR) is 81.7 cm³/mol. The molecule has 0 radical (unpaired) electrons. The van der Waals surface area contributed by atoms with Gasteiger partial charge in [-0.1, -0.05) is 6.92 Å². The lowest BCUT2D eigenvalue weighted by Gasteiger charge is -2.39. The van der Waals surface area contributed by atoms with Gasteiger partial charge in [0.05, 0.1) is 6.61 Å². The van der Waals surface area contributed by atoms with Gasteiger partial charge in [0.2, 0.25) is 0 Å². The number of hydrogen-bond donors (Lipinski definition) is 0. The third kappa shape index (κ3) is 3.12. The summed E-state index contributed by atoms with van der Waals surface area (Å²) in [6.07, 6.45) is 1.13. The Labute approximate surface area is 124 Å². The normalized spacial score (nSPS) is 20.2. The molecule has 112 valence electrons. The number of carbonyl (C=O) groups excluding carboxylic acids is 1. The maximum atomic E-state index is 11.8. The molecular formula is C14H23N3O2S. The van der Waals surface area contributed by atoms with Crippen LogP contribution in [0.25, 0.3) is 0 Å². The molecule has 1 fully saturated rings. The monoisotopic (exact) mass is 297 g/mol. The molecule has 1 aliphatic rings. The van der Waals surface area contributed by atoms with Crippen molar-refractivity contribution in [2.24, 2.45) is 0 Å². The average molecular weight is 297 g/mol. The zero-order valence-corrected chi connectivity index (χ0v) is 13.5. The molecule has 1 unspecified atom stereocenters. The topological polar surface area (TPSA) is 45.7 Å². The van der Waals surface area contributed by atoms with Gasteiger partial charge in [-0.05, 0) is 27.3 Å². The van der Waals surface area contributed by atoms with Crippen molar-refractivity contribution >= 4 is 22.4 Å². The number of carbonyl (C=O) groups is 1. The number of hydrogen-bond acceptors (Lipinski definition) is 6. The van der Waals surface area contributed by atoms with Crippen molar-refractivity contribution in [1.29, 1.82) is 0 Å². The average Bonchev–Trinajstić information content (AvgIpc) is 2.82. The summed E-state index contributed by atoms with van der Waals surface area (Å²) in [7, 11) is 2.17. The molecule has 0 aliphatic carbocycles. The van der Waals surface area contributed by atoms with E-state index in [0.29, 0.717) is 18.3 Å². The van der Waals surface area contributed by atoms with Crippen molar-refractivity contribution < 1.29 is 9.53 Å². The molecule has 5 nitrogen and oxygen atoms in total. The van der Waals surface area contributed by atoms with Crippen molar-refractivity contribution in [3.63, 3.8) is 0 Å². The van der Waals surface area contributed by atoms with Crippen LogP contribution in [0.4, 0.5) is 5.13 Å². The van der Waals surface area contributed by atoms with Crippen LogP contribution < -0.4 is 4.90 Å². The number of aromatic nitrogens is 1. The number of likely N-dealkylation sites (N-methyl/N-ethyl adjacent to an activating group) is 1. The number of anilines is 1. The Morgan fingerprint density at radius 2 is 2.20 bits per heavy atom. The maximum Gasteiger partial charge on any atom is 0.358 e. The molecule has 0 N–H and O–H groups in total. The summed E-state index contributed by atoms with van der Waals surface area (Å²) >= 11 is 1.58. The van der Waals surface area contributed by atoms with Gasteiger partial charge < -0.3 is 9.64 Å². The maximum absolute atomic E-state index is 11.8. The fourth-order valence-electron chi connectivity index (χ4n) is 2.47. The number of esters is 1. The fraction of sp³-hybridized carbons (Fsp3) is 0.714. The van der Waals surface area contributed by atoms with E-state index in [2.05, 4.69) is 28.8 Å². The van der Waals surface area contributed by atoms with E-state index >= 15 is 0 Å². The zero-order valence-electron chi connectivity index (χ0n) is 12.7. The summed E-state index contributed by atoms with van der Waals surface area (Å²) < 4.78 is 5.05. The first-order chi connectivity index (χ1) is 9.56. The van der Waals surface area contributed by atoms with E-state index in [9.17, 15) is 4.79 Å². The lowest BCUT2D eigenvalue weighted by molar-refractivity contribution is 0.0519. The number of thiazole rings is 1. The highest BCUT2D eigenvalue weighted by atomic mass is 32.1.